The van der Waals surface area contributed by atoms with Crippen LogP contribution >= 0.6 is 0 Å². The molecule has 304 valence electrons. The summed E-state index contributed by atoms with van der Waals surface area (Å²) in [5.41, 5.74) is -1.59. The molecule has 0 heterocycles. The number of carbonyl (C=O) groups is 2. The summed E-state index contributed by atoms with van der Waals surface area (Å²) >= 11 is 0. The number of unbranched alkanes of at least 4 members (excludes halogenated alkanes) is 38. The Bertz CT molecular complexity index is 659. The van der Waals surface area contributed by atoms with Crippen LogP contribution in [0, 0.1) is 5.41 Å². The predicted molar refractivity (Wildman–Crippen MR) is 223 cm³/mol. The molecule has 0 atom stereocenters. The van der Waals surface area contributed by atoms with Gasteiger partial charge < -0.3 is 10.2 Å². The van der Waals surface area contributed by atoms with Crippen LogP contribution in [0.2, 0.25) is 0 Å². The van der Waals surface area contributed by atoms with E-state index in [2.05, 4.69) is 13.8 Å². The van der Waals surface area contributed by atoms with Crippen molar-refractivity contribution in [3.05, 3.63) is 0 Å². The van der Waals surface area contributed by atoms with Crippen LogP contribution < -0.4 is 0 Å². The van der Waals surface area contributed by atoms with E-state index in [-0.39, 0.29) is 12.8 Å². The highest BCUT2D eigenvalue weighted by atomic mass is 16.4. The van der Waals surface area contributed by atoms with E-state index < -0.39 is 17.4 Å². The van der Waals surface area contributed by atoms with Gasteiger partial charge in [0.15, 0.2) is 5.41 Å². The predicted octanol–water partition coefficient (Wildman–Crippen LogP) is 16.6. The van der Waals surface area contributed by atoms with Crippen LogP contribution in [-0.4, -0.2) is 22.2 Å². The van der Waals surface area contributed by atoms with Gasteiger partial charge in [-0.05, 0) is 12.8 Å². The zero-order valence-corrected chi connectivity index (χ0v) is 34.9. The Morgan fingerprint density at radius 2 is 0.412 bits per heavy atom. The minimum absolute atomic E-state index is 0.274. The Balaban J connectivity index is 3.67. The van der Waals surface area contributed by atoms with Crippen molar-refractivity contribution in [3.8, 4) is 0 Å². The van der Waals surface area contributed by atoms with Crippen molar-refractivity contribution in [3.63, 3.8) is 0 Å². The second kappa shape index (κ2) is 40.1. The fraction of sp³-hybridized carbons (Fsp3) is 0.957. The number of hydrogen-bond donors (Lipinski definition) is 2. The van der Waals surface area contributed by atoms with Crippen LogP contribution in [0.3, 0.4) is 0 Å². The number of carboxylic acid groups (broad SMARTS) is 2. The van der Waals surface area contributed by atoms with Gasteiger partial charge in [-0.25, -0.2) is 0 Å². The van der Waals surface area contributed by atoms with E-state index in [0.717, 1.165) is 25.7 Å². The molecule has 0 unspecified atom stereocenters. The first-order valence-corrected chi connectivity index (χ1v) is 23.5. The molecule has 0 saturated carbocycles. The molecule has 0 aliphatic rings. The Morgan fingerprint density at radius 3 is 0.549 bits per heavy atom. The van der Waals surface area contributed by atoms with Crippen LogP contribution in [0.5, 0.6) is 0 Å². The van der Waals surface area contributed by atoms with E-state index in [0.29, 0.717) is 12.8 Å². The molecular weight excluding hydrogens is 629 g/mol. The first kappa shape index (κ1) is 49.9. The summed E-state index contributed by atoms with van der Waals surface area (Å²) in [6.07, 6.45) is 52.7. The van der Waals surface area contributed by atoms with Gasteiger partial charge in [0.1, 0.15) is 0 Å². The van der Waals surface area contributed by atoms with Gasteiger partial charge in [-0.1, -0.05) is 271 Å². The molecule has 4 nitrogen and oxygen atoms in total. The zero-order chi connectivity index (χ0) is 37.4. The minimum Gasteiger partial charge on any atom is -0.480 e. The summed E-state index contributed by atoms with van der Waals surface area (Å²) < 4.78 is 0. The van der Waals surface area contributed by atoms with Gasteiger partial charge in [-0.2, -0.15) is 0 Å². The maximum absolute atomic E-state index is 12.1. The van der Waals surface area contributed by atoms with Crippen molar-refractivity contribution in [1.29, 1.82) is 0 Å². The smallest absolute Gasteiger partial charge is 0.321 e. The second-order valence-electron chi connectivity index (χ2n) is 16.6. The molecule has 0 aliphatic carbocycles. The molecule has 0 aromatic rings. The Kier molecular flexibility index (Phi) is 39.3. The molecule has 0 aromatic carbocycles. The van der Waals surface area contributed by atoms with E-state index in [1.165, 1.54) is 218 Å². The van der Waals surface area contributed by atoms with Crippen molar-refractivity contribution in [2.24, 2.45) is 5.41 Å². The lowest BCUT2D eigenvalue weighted by Gasteiger charge is -2.25. The molecule has 0 aliphatic heterocycles. The molecule has 0 fully saturated rings. The summed E-state index contributed by atoms with van der Waals surface area (Å²) in [5.74, 6) is -2.27. The van der Waals surface area contributed by atoms with Crippen molar-refractivity contribution < 1.29 is 19.8 Å². The lowest BCUT2D eigenvalue weighted by molar-refractivity contribution is -0.166. The Labute approximate surface area is 319 Å². The molecule has 0 spiro atoms. The summed E-state index contributed by atoms with van der Waals surface area (Å²) in [7, 11) is 0. The third-order valence-electron chi connectivity index (χ3n) is 11.7. The highest BCUT2D eigenvalue weighted by Gasteiger charge is 2.45. The molecule has 4 heteroatoms. The topological polar surface area (TPSA) is 74.6 Å². The summed E-state index contributed by atoms with van der Waals surface area (Å²) in [6, 6.07) is 0. The van der Waals surface area contributed by atoms with Crippen LogP contribution in [-0.2, 0) is 9.59 Å². The molecule has 0 radical (unpaired) electrons. The molecular formula is C47H92O4. The number of aliphatic carboxylic acids is 2. The number of carboxylic acids is 2. The van der Waals surface area contributed by atoms with E-state index in [1.807, 2.05) is 0 Å². The van der Waals surface area contributed by atoms with Crippen molar-refractivity contribution >= 4 is 11.9 Å². The van der Waals surface area contributed by atoms with Gasteiger partial charge in [0.2, 0.25) is 0 Å². The van der Waals surface area contributed by atoms with Crippen molar-refractivity contribution in [1.82, 2.24) is 0 Å². The quantitative estimate of drug-likeness (QED) is 0.0485. The summed E-state index contributed by atoms with van der Waals surface area (Å²) in [5, 5.41) is 19.9. The maximum Gasteiger partial charge on any atom is 0.321 e. The zero-order valence-electron chi connectivity index (χ0n) is 34.9. The SMILES string of the molecule is CCCCCCCCCCCCCCCCCCCCCCC(CCCCCCCCCCCCCCCCCCCCCC)(C(=O)O)C(=O)O. The average Bonchev–Trinajstić information content (AvgIpc) is 3.12. The molecule has 2 N–H and O–H groups in total. The second-order valence-corrected chi connectivity index (χ2v) is 16.6. The number of hydrogen-bond acceptors (Lipinski definition) is 2. The van der Waals surface area contributed by atoms with E-state index >= 15 is 0 Å². The van der Waals surface area contributed by atoms with E-state index in [9.17, 15) is 19.8 Å². The molecule has 51 heavy (non-hydrogen) atoms. The van der Waals surface area contributed by atoms with Crippen LogP contribution in [0.15, 0.2) is 0 Å². The van der Waals surface area contributed by atoms with Crippen molar-refractivity contribution in [2.75, 3.05) is 0 Å². The van der Waals surface area contributed by atoms with Gasteiger partial charge in [-0.3, -0.25) is 9.59 Å². The monoisotopic (exact) mass is 721 g/mol. The third-order valence-corrected chi connectivity index (χ3v) is 11.7. The standard InChI is InChI=1S/C47H92O4/c1-3-5-7-9-11-13-15-17-19-21-23-25-27-29-31-33-35-37-39-41-43-47(45(48)49,46(50)51)44-42-40-38-36-34-32-30-28-26-24-22-20-18-16-14-12-10-8-6-4-2/h3-44H2,1-2H3,(H,48,49)(H,50,51). The van der Waals surface area contributed by atoms with Gasteiger partial charge >= 0.3 is 11.9 Å². The fourth-order valence-corrected chi connectivity index (χ4v) is 8.01. The molecule has 0 bridgehead atoms. The first-order chi connectivity index (χ1) is 25.0. The van der Waals surface area contributed by atoms with Crippen molar-refractivity contribution in [2.45, 2.75) is 284 Å². The largest absolute Gasteiger partial charge is 0.480 e. The minimum atomic E-state index is -1.59. The van der Waals surface area contributed by atoms with Crippen LogP contribution in [0.25, 0.3) is 0 Å². The van der Waals surface area contributed by atoms with E-state index in [1.54, 1.807) is 0 Å². The highest BCUT2D eigenvalue weighted by Crippen LogP contribution is 2.33. The van der Waals surface area contributed by atoms with Gasteiger partial charge in [0.05, 0.1) is 0 Å². The normalized spacial score (nSPS) is 11.8. The maximum atomic E-state index is 12.1. The third kappa shape index (κ3) is 33.3. The van der Waals surface area contributed by atoms with Gasteiger partial charge in [0, 0.05) is 0 Å². The van der Waals surface area contributed by atoms with Crippen LogP contribution in [0.1, 0.15) is 284 Å². The molecule has 0 rings (SSSR count). The lowest BCUT2D eigenvalue weighted by atomic mass is 9.78. The average molecular weight is 721 g/mol. The Hall–Kier alpha value is -1.06. The summed E-state index contributed by atoms with van der Waals surface area (Å²) in [4.78, 5) is 24.3. The first-order valence-electron chi connectivity index (χ1n) is 23.5. The fourth-order valence-electron chi connectivity index (χ4n) is 8.01. The van der Waals surface area contributed by atoms with Gasteiger partial charge in [0.25, 0.3) is 0 Å². The van der Waals surface area contributed by atoms with E-state index in [4.69, 9.17) is 0 Å². The molecule has 0 aromatic heterocycles. The molecule has 0 amide bonds. The highest BCUT2D eigenvalue weighted by molar-refractivity contribution is 5.98. The molecule has 0 saturated heterocycles. The van der Waals surface area contributed by atoms with Gasteiger partial charge in [-0.15, -0.1) is 0 Å². The lowest BCUT2D eigenvalue weighted by Crippen LogP contribution is -2.39. The van der Waals surface area contributed by atoms with Crippen LogP contribution in [0.4, 0.5) is 0 Å². The summed E-state index contributed by atoms with van der Waals surface area (Å²) in [6.45, 7) is 4.57. The Morgan fingerprint density at radius 1 is 0.275 bits per heavy atom. The number of rotatable bonds is 44.